The molecule has 4 heteroatoms. The largest absolute Gasteiger partial charge is 0.311 e. The fraction of sp³-hybridized carbons (Fsp3) is 0. The summed E-state index contributed by atoms with van der Waals surface area (Å²) >= 11 is 1.76. The zero-order valence-corrected chi connectivity index (χ0v) is 31.8. The maximum Gasteiger partial charge on any atom is 0.125 e. The number of fused-ring (bicyclic) bond motifs is 6. The van der Waals surface area contributed by atoms with Crippen LogP contribution in [0.4, 0.5) is 17.1 Å². The molecule has 0 aliphatic heterocycles. The third-order valence-electron chi connectivity index (χ3n) is 11.1. The predicted octanol–water partition coefficient (Wildman–Crippen LogP) is 15.0. The fourth-order valence-corrected chi connectivity index (χ4v) is 9.44. The molecule has 0 unspecified atom stereocenters. The van der Waals surface area contributed by atoms with Crippen molar-refractivity contribution in [2.24, 2.45) is 0 Å². The lowest BCUT2D eigenvalue weighted by Crippen LogP contribution is -2.09. The van der Waals surface area contributed by atoms with Gasteiger partial charge >= 0.3 is 0 Å². The molecule has 0 aliphatic rings. The van der Waals surface area contributed by atoms with Gasteiger partial charge in [0.05, 0.1) is 11.0 Å². The number of aromatic nitrogens is 2. The normalized spacial score (nSPS) is 11.5. The van der Waals surface area contributed by atoms with Crippen molar-refractivity contribution in [3.8, 4) is 39.1 Å². The average molecular weight is 746 g/mol. The third-order valence-corrected chi connectivity index (χ3v) is 12.2. The Morgan fingerprint density at radius 1 is 0.404 bits per heavy atom. The molecule has 0 atom stereocenters. The first-order chi connectivity index (χ1) is 28.3. The number of anilines is 3. The van der Waals surface area contributed by atoms with E-state index in [4.69, 9.17) is 4.98 Å². The third kappa shape index (κ3) is 5.78. The second kappa shape index (κ2) is 13.8. The van der Waals surface area contributed by atoms with Crippen LogP contribution in [-0.2, 0) is 0 Å². The van der Waals surface area contributed by atoms with Crippen LogP contribution in [0.2, 0.25) is 0 Å². The van der Waals surface area contributed by atoms with Crippen molar-refractivity contribution < 1.29 is 0 Å². The number of thiophene rings is 1. The van der Waals surface area contributed by atoms with Gasteiger partial charge in [0.2, 0.25) is 0 Å². The van der Waals surface area contributed by atoms with Crippen molar-refractivity contribution in [3.05, 3.63) is 212 Å². The molecular weight excluding hydrogens is 711 g/mol. The Labute approximate surface area is 335 Å². The van der Waals surface area contributed by atoms with Crippen LogP contribution >= 0.6 is 11.3 Å². The predicted molar refractivity (Wildman–Crippen MR) is 242 cm³/mol. The van der Waals surface area contributed by atoms with Crippen molar-refractivity contribution in [1.29, 1.82) is 0 Å². The van der Waals surface area contributed by atoms with Gasteiger partial charge in [0, 0.05) is 55.2 Å². The van der Waals surface area contributed by atoms with Crippen molar-refractivity contribution in [1.82, 2.24) is 9.55 Å². The van der Waals surface area contributed by atoms with Crippen LogP contribution in [-0.4, -0.2) is 9.55 Å². The summed E-state index contributed by atoms with van der Waals surface area (Å²) in [4.78, 5) is 8.08. The molecule has 0 fully saturated rings. The van der Waals surface area contributed by atoms with Gasteiger partial charge in [0.25, 0.3) is 0 Å². The van der Waals surface area contributed by atoms with Crippen LogP contribution in [0, 0.1) is 0 Å². The first kappa shape index (κ1) is 33.1. The van der Waals surface area contributed by atoms with E-state index in [1.54, 1.807) is 11.3 Å². The summed E-state index contributed by atoms with van der Waals surface area (Å²) in [6.45, 7) is 0. The molecule has 3 aromatic heterocycles. The molecule has 0 bridgehead atoms. The Kier molecular flexibility index (Phi) is 8.01. The summed E-state index contributed by atoms with van der Waals surface area (Å²) in [5, 5.41) is 4.99. The van der Waals surface area contributed by atoms with Gasteiger partial charge in [-0.05, 0) is 112 Å². The first-order valence-electron chi connectivity index (χ1n) is 19.3. The molecule has 11 aromatic rings. The Bertz CT molecular complexity index is 3160. The maximum absolute atomic E-state index is 4.70. The maximum atomic E-state index is 4.70. The number of benzene rings is 8. The summed E-state index contributed by atoms with van der Waals surface area (Å²) < 4.78 is 3.66. The van der Waals surface area contributed by atoms with E-state index in [0.29, 0.717) is 0 Å². The van der Waals surface area contributed by atoms with Crippen LogP contribution in [0.25, 0.3) is 81.2 Å². The number of hydrogen-bond acceptors (Lipinski definition) is 3. The average Bonchev–Trinajstić information content (AvgIpc) is 3.83. The van der Waals surface area contributed by atoms with E-state index in [1.165, 1.54) is 70.7 Å². The molecule has 0 radical (unpaired) electrons. The summed E-state index contributed by atoms with van der Waals surface area (Å²) in [5.41, 5.74) is 14.1. The lowest BCUT2D eigenvalue weighted by atomic mass is 9.98. The fourth-order valence-electron chi connectivity index (χ4n) is 8.37. The quantitative estimate of drug-likeness (QED) is 0.162. The lowest BCUT2D eigenvalue weighted by molar-refractivity contribution is 1.18. The van der Waals surface area contributed by atoms with Crippen LogP contribution in [0.1, 0.15) is 0 Å². The van der Waals surface area contributed by atoms with Gasteiger partial charge in [-0.25, -0.2) is 4.98 Å². The number of nitrogens with zero attached hydrogens (tertiary/aromatic N) is 3. The van der Waals surface area contributed by atoms with Crippen LogP contribution in [0.15, 0.2) is 212 Å². The molecule has 268 valence electrons. The van der Waals surface area contributed by atoms with Gasteiger partial charge in [-0.1, -0.05) is 127 Å². The van der Waals surface area contributed by atoms with Crippen molar-refractivity contribution in [2.75, 3.05) is 4.90 Å². The summed E-state index contributed by atoms with van der Waals surface area (Å²) in [6.07, 6.45) is 1.93. The number of rotatable bonds is 7. The highest BCUT2D eigenvalue weighted by molar-refractivity contribution is 7.25. The van der Waals surface area contributed by atoms with Crippen LogP contribution in [0.5, 0.6) is 0 Å². The second-order valence-corrected chi connectivity index (χ2v) is 15.4. The van der Waals surface area contributed by atoms with Crippen molar-refractivity contribution in [3.63, 3.8) is 0 Å². The van der Waals surface area contributed by atoms with Gasteiger partial charge in [0.15, 0.2) is 0 Å². The zero-order chi connectivity index (χ0) is 37.7. The smallest absolute Gasteiger partial charge is 0.125 e. The molecule has 11 rings (SSSR count). The van der Waals surface area contributed by atoms with E-state index in [1.807, 2.05) is 6.20 Å². The molecule has 57 heavy (non-hydrogen) atoms. The molecule has 0 amide bonds. The summed E-state index contributed by atoms with van der Waals surface area (Å²) in [5.74, 6) is 0. The number of para-hydroxylation sites is 3. The van der Waals surface area contributed by atoms with Crippen molar-refractivity contribution in [2.45, 2.75) is 0 Å². The Morgan fingerprint density at radius 3 is 1.65 bits per heavy atom. The molecule has 0 saturated carbocycles. The SMILES string of the molecule is c1ccc(N(c2ccccc2)c2ccc(-c3ccc4c(c3)c3ccccc3n4-c3ccc(-c4ccc(-c5ccnc6sc7ccccc7c56)cc4)cc3)cc2)cc1. The van der Waals surface area contributed by atoms with E-state index in [-0.39, 0.29) is 0 Å². The van der Waals surface area contributed by atoms with Crippen molar-refractivity contribution >= 4 is 70.5 Å². The monoisotopic (exact) mass is 745 g/mol. The minimum atomic E-state index is 1.08. The van der Waals surface area contributed by atoms with Crippen LogP contribution in [0.3, 0.4) is 0 Å². The zero-order valence-electron chi connectivity index (χ0n) is 31.0. The number of pyridine rings is 1. The molecular formula is C53H35N3S. The highest BCUT2D eigenvalue weighted by Crippen LogP contribution is 2.41. The molecule has 0 aliphatic carbocycles. The molecule has 8 aromatic carbocycles. The Hall–Kier alpha value is -7.27. The molecule has 0 saturated heterocycles. The Morgan fingerprint density at radius 2 is 0.930 bits per heavy atom. The van der Waals surface area contributed by atoms with Gasteiger partial charge < -0.3 is 9.47 Å². The van der Waals surface area contributed by atoms with E-state index in [0.717, 1.165) is 27.6 Å². The van der Waals surface area contributed by atoms with Gasteiger partial charge in [-0.3, -0.25) is 0 Å². The summed E-state index contributed by atoms with van der Waals surface area (Å²) in [7, 11) is 0. The Balaban J connectivity index is 0.910. The van der Waals surface area contributed by atoms with E-state index < -0.39 is 0 Å². The first-order valence-corrected chi connectivity index (χ1v) is 20.1. The number of hydrogen-bond donors (Lipinski definition) is 0. The lowest BCUT2D eigenvalue weighted by Gasteiger charge is -2.25. The molecule has 0 spiro atoms. The van der Waals surface area contributed by atoms with E-state index in [9.17, 15) is 0 Å². The highest BCUT2D eigenvalue weighted by Gasteiger charge is 2.16. The highest BCUT2D eigenvalue weighted by atomic mass is 32.1. The van der Waals surface area contributed by atoms with Gasteiger partial charge in [-0.15, -0.1) is 11.3 Å². The van der Waals surface area contributed by atoms with E-state index in [2.05, 4.69) is 216 Å². The minimum absolute atomic E-state index is 1.08. The van der Waals surface area contributed by atoms with E-state index >= 15 is 0 Å². The topological polar surface area (TPSA) is 21.1 Å². The second-order valence-electron chi connectivity index (χ2n) is 14.4. The summed E-state index contributed by atoms with van der Waals surface area (Å²) in [6, 6.07) is 74.3. The van der Waals surface area contributed by atoms with Crippen LogP contribution < -0.4 is 4.90 Å². The molecule has 3 nitrogen and oxygen atoms in total. The standard InChI is InChI=1S/C53H35N3S/c1-3-11-41(12-4-1)55(42-13-5-2-6-14-42)43-28-25-38(26-29-43)40-27-32-50-48(35-40)46-15-7-9-17-49(46)56(50)44-30-23-37(24-31-44)36-19-21-39(22-20-36)45-33-34-54-53-52(45)47-16-8-10-18-51(47)57-53/h1-35H. The molecule has 3 heterocycles. The van der Waals surface area contributed by atoms with Gasteiger partial charge in [-0.2, -0.15) is 0 Å². The van der Waals surface area contributed by atoms with Gasteiger partial charge in [0.1, 0.15) is 4.83 Å². The minimum Gasteiger partial charge on any atom is -0.311 e. The molecule has 0 N–H and O–H groups in total.